The summed E-state index contributed by atoms with van der Waals surface area (Å²) in [7, 11) is 5.39. The average Bonchev–Trinajstić information content (AvgIpc) is 2.91. The summed E-state index contributed by atoms with van der Waals surface area (Å²) < 4.78 is 5.31. The molecule has 1 saturated carbocycles. The number of hydrogen-bond acceptors (Lipinski definition) is 8. The molecule has 1 aromatic carbocycles. The van der Waals surface area contributed by atoms with Crippen LogP contribution < -0.4 is 15.8 Å². The van der Waals surface area contributed by atoms with E-state index in [1.165, 1.54) is 38.0 Å². The van der Waals surface area contributed by atoms with Crippen LogP contribution >= 0.6 is 21.6 Å². The van der Waals surface area contributed by atoms with Crippen LogP contribution in [0.15, 0.2) is 41.6 Å². The second kappa shape index (κ2) is 13.3. The Hall–Kier alpha value is -2.16. The number of rotatable bonds is 2. The molecule has 1 unspecified atom stereocenters. The van der Waals surface area contributed by atoms with Crippen LogP contribution in [-0.4, -0.2) is 40.4 Å². The normalized spacial score (nSPS) is 25.8. The molecule has 1 spiro atoms. The van der Waals surface area contributed by atoms with Crippen molar-refractivity contribution < 1.29 is 19.4 Å². The molecule has 0 amide bonds. The maximum atomic E-state index is 12.6. The predicted molar refractivity (Wildman–Crippen MR) is 158 cm³/mol. The number of nitrogens with one attached hydrogen (secondary N) is 1. The van der Waals surface area contributed by atoms with Crippen LogP contribution in [0.2, 0.25) is 0 Å². The minimum absolute atomic E-state index is 0.00831. The number of hydrogen-bond donors (Lipinski definition) is 3. The third-order valence-corrected chi connectivity index (χ3v) is 11.3. The molecule has 3 aliphatic rings. The number of fused-ring (bicyclic) bond motifs is 3. The zero-order chi connectivity index (χ0) is 27.1. The van der Waals surface area contributed by atoms with Gasteiger partial charge in [0.2, 0.25) is 0 Å². The number of allylic oxidation sites excluding steroid dienone is 3. The zero-order valence-corrected chi connectivity index (χ0v) is 24.1. The molecule has 0 radical (unpaired) electrons. The molecular weight excluding hydrogens is 516 g/mol. The molecule has 1 fully saturated rings. The van der Waals surface area contributed by atoms with Crippen LogP contribution in [0.4, 0.5) is 0 Å². The lowest BCUT2D eigenvalue weighted by molar-refractivity contribution is -0.124. The summed E-state index contributed by atoms with van der Waals surface area (Å²) in [6.45, 7) is 2.18. The second-order valence-corrected chi connectivity index (χ2v) is 13.3. The lowest BCUT2D eigenvalue weighted by Crippen LogP contribution is -2.47. The van der Waals surface area contributed by atoms with E-state index in [1.807, 2.05) is 27.8 Å². The van der Waals surface area contributed by atoms with E-state index in [9.17, 15) is 14.7 Å². The van der Waals surface area contributed by atoms with Crippen LogP contribution in [0.25, 0.3) is 6.08 Å². The fraction of sp³-hybridized carbons (Fsp3) is 0.533. The number of dihydropyridines is 1. The van der Waals surface area contributed by atoms with Gasteiger partial charge in [-0.2, -0.15) is 0 Å². The third-order valence-electron chi connectivity index (χ3n) is 7.90. The number of phenols is 1. The SMILES string of the molecule is CC[C@H]1CCC(=O)CC(=O)/C=C/c2cc(OC)c(O)cc2CC2=CNC(N)C(=C2)C2(CCCCC2)SSC1. The van der Waals surface area contributed by atoms with Crippen molar-refractivity contribution in [1.29, 1.82) is 0 Å². The van der Waals surface area contributed by atoms with Crippen LogP contribution in [-0.2, 0) is 16.0 Å². The number of aromatic hydroxyl groups is 1. The van der Waals surface area contributed by atoms with E-state index in [-0.39, 0.29) is 34.6 Å². The Bertz CT molecular complexity index is 1120. The topological polar surface area (TPSA) is 102 Å². The number of ether oxygens (including phenoxy) is 1. The quantitative estimate of drug-likeness (QED) is 0.297. The van der Waals surface area contributed by atoms with E-state index < -0.39 is 0 Å². The van der Waals surface area contributed by atoms with E-state index in [1.54, 1.807) is 18.2 Å². The molecule has 2 aliphatic heterocycles. The molecule has 0 saturated heterocycles. The average molecular weight is 557 g/mol. The molecule has 8 heteroatoms. The fourth-order valence-corrected chi connectivity index (χ4v) is 9.41. The molecule has 1 aliphatic carbocycles. The molecular formula is C30H40N2O4S2. The summed E-state index contributed by atoms with van der Waals surface area (Å²) in [5, 5.41) is 13.9. The van der Waals surface area contributed by atoms with Crippen molar-refractivity contribution >= 4 is 39.2 Å². The highest BCUT2D eigenvalue weighted by Gasteiger charge is 2.40. The van der Waals surface area contributed by atoms with Crippen molar-refractivity contribution in [2.24, 2.45) is 11.7 Å². The number of carbonyl (C=O) groups excluding carboxylic acids is 2. The summed E-state index contributed by atoms with van der Waals surface area (Å²) in [4.78, 5) is 25.2. The lowest BCUT2D eigenvalue weighted by Gasteiger charge is -2.42. The zero-order valence-electron chi connectivity index (χ0n) is 22.5. The van der Waals surface area contributed by atoms with Crippen molar-refractivity contribution in [3.8, 4) is 11.5 Å². The van der Waals surface area contributed by atoms with Crippen LogP contribution in [0.5, 0.6) is 11.5 Å². The first-order chi connectivity index (χ1) is 18.3. The molecule has 2 heterocycles. The smallest absolute Gasteiger partial charge is 0.163 e. The lowest BCUT2D eigenvalue weighted by atomic mass is 9.79. The second-order valence-electron chi connectivity index (χ2n) is 10.6. The first-order valence-corrected chi connectivity index (χ1v) is 16.0. The first-order valence-electron chi connectivity index (χ1n) is 13.7. The monoisotopic (exact) mass is 556 g/mol. The molecule has 0 aromatic heterocycles. The van der Waals surface area contributed by atoms with E-state index in [0.29, 0.717) is 24.5 Å². The number of Topliss-reactive ketones (excluding diaryl/α,β-unsaturated/α-hetero) is 1. The van der Waals surface area contributed by atoms with E-state index in [4.69, 9.17) is 10.5 Å². The Morgan fingerprint density at radius 2 is 1.95 bits per heavy atom. The van der Waals surface area contributed by atoms with E-state index in [2.05, 4.69) is 18.3 Å². The molecule has 4 rings (SSSR count). The maximum Gasteiger partial charge on any atom is 0.163 e. The Labute approximate surface area is 234 Å². The van der Waals surface area contributed by atoms with Gasteiger partial charge < -0.3 is 20.9 Å². The Balaban J connectivity index is 1.73. The number of carbonyl (C=O) groups is 2. The highest BCUT2D eigenvalue weighted by Crippen LogP contribution is 2.52. The molecule has 2 atom stereocenters. The number of benzene rings is 1. The van der Waals surface area contributed by atoms with Gasteiger partial charge in [-0.15, -0.1) is 0 Å². The maximum absolute atomic E-state index is 12.6. The van der Waals surface area contributed by atoms with Gasteiger partial charge in [0, 0.05) is 18.4 Å². The largest absolute Gasteiger partial charge is 0.504 e. The first kappa shape index (κ1) is 28.8. The van der Waals surface area contributed by atoms with E-state index >= 15 is 0 Å². The third kappa shape index (κ3) is 7.07. The highest BCUT2D eigenvalue weighted by atomic mass is 33.1. The van der Waals surface area contributed by atoms with Crippen molar-refractivity contribution in [2.75, 3.05) is 12.9 Å². The molecule has 4 N–H and O–H groups in total. The van der Waals surface area contributed by atoms with Gasteiger partial charge in [0.05, 0.1) is 24.4 Å². The number of ketones is 2. The predicted octanol–water partition coefficient (Wildman–Crippen LogP) is 6.09. The van der Waals surface area contributed by atoms with Gasteiger partial charge in [0.15, 0.2) is 17.3 Å². The van der Waals surface area contributed by atoms with Crippen molar-refractivity contribution in [3.63, 3.8) is 0 Å². The molecule has 206 valence electrons. The minimum atomic E-state index is -0.239. The molecule has 1 aromatic rings. The number of nitrogens with two attached hydrogens (primary N) is 1. The van der Waals surface area contributed by atoms with Crippen LogP contribution in [0, 0.1) is 5.92 Å². The van der Waals surface area contributed by atoms with Gasteiger partial charge in [0.1, 0.15) is 5.78 Å². The molecule has 6 nitrogen and oxygen atoms in total. The number of methoxy groups -OCH3 is 1. The van der Waals surface area contributed by atoms with Crippen LogP contribution in [0.1, 0.15) is 75.8 Å². The molecule has 2 bridgehead atoms. The number of phenolic OH excluding ortho intramolecular Hbond substituents is 1. The highest BCUT2D eigenvalue weighted by molar-refractivity contribution is 8.77. The fourth-order valence-electron chi connectivity index (χ4n) is 5.53. The van der Waals surface area contributed by atoms with Crippen molar-refractivity contribution in [2.45, 2.75) is 82.0 Å². The van der Waals surface area contributed by atoms with Gasteiger partial charge in [-0.05, 0) is 72.1 Å². The van der Waals surface area contributed by atoms with Gasteiger partial charge >= 0.3 is 0 Å². The summed E-state index contributed by atoms with van der Waals surface area (Å²) >= 11 is 0. The van der Waals surface area contributed by atoms with Crippen molar-refractivity contribution in [3.05, 3.63) is 52.8 Å². The summed E-state index contributed by atoms with van der Waals surface area (Å²) in [6.07, 6.45) is 15.8. The van der Waals surface area contributed by atoms with Gasteiger partial charge in [0.25, 0.3) is 0 Å². The standard InChI is InChI=1S/C30H40N2O4S2/c1-3-20-7-9-24(33)17-25(34)10-8-22-16-28(36-2)27(35)15-23(22)13-21-14-26(29(31)32-18-21)30(38-37-19-20)11-5-4-6-12-30/h8,10,14-16,18,20,29,32,35H,3-7,9,11-13,17,19,31H2,1-2H3/b10-8+/t20-,29?/m0/s1. The summed E-state index contributed by atoms with van der Waals surface area (Å²) in [5.41, 5.74) is 10.6. The molecule has 38 heavy (non-hydrogen) atoms. The summed E-state index contributed by atoms with van der Waals surface area (Å²) in [6, 6.07) is 3.43. The van der Waals surface area contributed by atoms with Gasteiger partial charge in [-0.3, -0.25) is 9.59 Å². The van der Waals surface area contributed by atoms with Gasteiger partial charge in [-0.1, -0.05) is 66.3 Å². The summed E-state index contributed by atoms with van der Waals surface area (Å²) in [5.74, 6) is 1.60. The Morgan fingerprint density at radius 1 is 1.16 bits per heavy atom. The minimum Gasteiger partial charge on any atom is -0.504 e. The Kier molecular flexibility index (Phi) is 10.1. The van der Waals surface area contributed by atoms with Crippen LogP contribution in [0.3, 0.4) is 0 Å². The van der Waals surface area contributed by atoms with Crippen molar-refractivity contribution in [1.82, 2.24) is 5.32 Å². The van der Waals surface area contributed by atoms with Gasteiger partial charge in [-0.25, -0.2) is 0 Å². The Morgan fingerprint density at radius 3 is 2.68 bits per heavy atom. The van der Waals surface area contributed by atoms with E-state index in [0.717, 1.165) is 48.1 Å².